The molecule has 0 saturated carbocycles. The molecule has 0 saturated heterocycles. The molecule has 0 heterocycles. The van der Waals surface area contributed by atoms with E-state index in [2.05, 4.69) is 11.8 Å². The van der Waals surface area contributed by atoms with Crippen LogP contribution < -0.4 is 11.5 Å². The molecule has 1 rings (SSSR count). The first-order chi connectivity index (χ1) is 6.25. The average molecular weight is 173 g/mol. The van der Waals surface area contributed by atoms with Crippen LogP contribution in [0.25, 0.3) is 0 Å². The fourth-order valence-electron chi connectivity index (χ4n) is 0.973. The van der Waals surface area contributed by atoms with Crippen LogP contribution >= 0.6 is 0 Å². The molecular formula is C10H11N3. The van der Waals surface area contributed by atoms with E-state index in [1.807, 2.05) is 18.2 Å². The molecule has 1 aromatic rings. The van der Waals surface area contributed by atoms with Gasteiger partial charge in [-0.1, -0.05) is 30.0 Å². The van der Waals surface area contributed by atoms with E-state index in [1.165, 1.54) is 0 Å². The minimum atomic E-state index is 0.0296. The molecule has 0 atom stereocenters. The van der Waals surface area contributed by atoms with Crippen LogP contribution in [0.4, 0.5) is 0 Å². The van der Waals surface area contributed by atoms with Crippen LogP contribution in [0.3, 0.4) is 0 Å². The normalized spacial score (nSPS) is 8.69. The van der Waals surface area contributed by atoms with Crippen LogP contribution in [-0.4, -0.2) is 12.4 Å². The van der Waals surface area contributed by atoms with Gasteiger partial charge in [0.05, 0.1) is 6.54 Å². The maximum absolute atomic E-state index is 7.29. The van der Waals surface area contributed by atoms with Crippen molar-refractivity contribution < 1.29 is 0 Å². The summed E-state index contributed by atoms with van der Waals surface area (Å²) in [6, 6.07) is 7.26. The maximum atomic E-state index is 7.29. The van der Waals surface area contributed by atoms with Crippen LogP contribution in [0.2, 0.25) is 0 Å². The fourth-order valence-corrected chi connectivity index (χ4v) is 0.973. The molecule has 0 bridgehead atoms. The van der Waals surface area contributed by atoms with Crippen molar-refractivity contribution in [1.29, 1.82) is 5.41 Å². The molecule has 0 fully saturated rings. The van der Waals surface area contributed by atoms with Crippen LogP contribution in [0.1, 0.15) is 11.1 Å². The first-order valence-electron chi connectivity index (χ1n) is 3.88. The summed E-state index contributed by atoms with van der Waals surface area (Å²) >= 11 is 0. The molecule has 0 aliphatic heterocycles. The summed E-state index contributed by atoms with van der Waals surface area (Å²) in [5, 5.41) is 7.29. The van der Waals surface area contributed by atoms with Crippen molar-refractivity contribution in [3.8, 4) is 11.8 Å². The molecule has 0 aliphatic rings. The molecule has 0 aromatic heterocycles. The zero-order chi connectivity index (χ0) is 9.68. The van der Waals surface area contributed by atoms with E-state index in [1.54, 1.807) is 6.07 Å². The number of benzene rings is 1. The van der Waals surface area contributed by atoms with E-state index in [0.29, 0.717) is 12.1 Å². The number of hydrogen-bond acceptors (Lipinski definition) is 2. The Hall–Kier alpha value is -1.79. The highest BCUT2D eigenvalue weighted by molar-refractivity contribution is 5.97. The molecule has 3 nitrogen and oxygen atoms in total. The van der Waals surface area contributed by atoms with Crippen molar-refractivity contribution in [2.45, 2.75) is 0 Å². The zero-order valence-corrected chi connectivity index (χ0v) is 7.17. The van der Waals surface area contributed by atoms with Crippen molar-refractivity contribution >= 4 is 5.84 Å². The molecule has 0 aliphatic carbocycles. The Kier molecular flexibility index (Phi) is 3.07. The number of nitrogens with one attached hydrogen (secondary N) is 1. The second kappa shape index (κ2) is 4.29. The Morgan fingerprint density at radius 2 is 2.08 bits per heavy atom. The molecule has 3 heteroatoms. The standard InChI is InChI=1S/C10H11N3/c11-7-3-5-8-4-1-2-6-9(8)10(12)13/h1-2,4,6H,7,11H2,(H3,12,13). The largest absolute Gasteiger partial charge is 0.384 e. The molecule has 1 aromatic carbocycles. The van der Waals surface area contributed by atoms with Gasteiger partial charge in [-0.3, -0.25) is 5.41 Å². The smallest absolute Gasteiger partial charge is 0.124 e. The fraction of sp³-hybridized carbons (Fsp3) is 0.100. The second-order valence-electron chi connectivity index (χ2n) is 2.47. The van der Waals surface area contributed by atoms with Gasteiger partial charge in [-0.15, -0.1) is 0 Å². The first kappa shape index (κ1) is 9.30. The summed E-state index contributed by atoms with van der Waals surface area (Å²) in [6.45, 7) is 0.312. The van der Waals surface area contributed by atoms with Gasteiger partial charge in [0.1, 0.15) is 5.84 Å². The van der Waals surface area contributed by atoms with Crippen molar-refractivity contribution in [2.24, 2.45) is 11.5 Å². The molecule has 13 heavy (non-hydrogen) atoms. The summed E-state index contributed by atoms with van der Waals surface area (Å²) in [6.07, 6.45) is 0. The number of amidine groups is 1. The lowest BCUT2D eigenvalue weighted by Gasteiger charge is -2.00. The third-order valence-corrected chi connectivity index (χ3v) is 1.54. The van der Waals surface area contributed by atoms with E-state index >= 15 is 0 Å². The highest BCUT2D eigenvalue weighted by Crippen LogP contribution is 2.05. The summed E-state index contributed by atoms with van der Waals surface area (Å²) in [4.78, 5) is 0. The number of nitrogens with two attached hydrogens (primary N) is 2. The molecule has 0 spiro atoms. The molecule has 0 radical (unpaired) electrons. The predicted octanol–water partition coefficient (Wildman–Crippen LogP) is 0.281. The van der Waals surface area contributed by atoms with Gasteiger partial charge in [-0.25, -0.2) is 0 Å². The van der Waals surface area contributed by atoms with Gasteiger partial charge >= 0.3 is 0 Å². The van der Waals surface area contributed by atoms with E-state index in [4.69, 9.17) is 16.9 Å². The first-order valence-corrected chi connectivity index (χ1v) is 3.88. The molecule has 66 valence electrons. The van der Waals surface area contributed by atoms with Crippen LogP contribution in [-0.2, 0) is 0 Å². The predicted molar refractivity (Wildman–Crippen MR) is 53.4 cm³/mol. The topological polar surface area (TPSA) is 75.9 Å². The number of rotatable bonds is 1. The van der Waals surface area contributed by atoms with Crippen LogP contribution in [0.15, 0.2) is 24.3 Å². The minimum absolute atomic E-state index is 0.0296. The van der Waals surface area contributed by atoms with Gasteiger partial charge < -0.3 is 11.5 Å². The highest BCUT2D eigenvalue weighted by Gasteiger charge is 2.00. The SMILES string of the molecule is N=C(N)c1ccccc1C#CCN. The average Bonchev–Trinajstić information content (AvgIpc) is 2.15. The summed E-state index contributed by atoms with van der Waals surface area (Å²) in [7, 11) is 0. The molecular weight excluding hydrogens is 162 g/mol. The Bertz CT molecular complexity index is 371. The third kappa shape index (κ3) is 2.32. The van der Waals surface area contributed by atoms with Gasteiger partial charge in [0, 0.05) is 11.1 Å². The lowest BCUT2D eigenvalue weighted by Crippen LogP contribution is -2.12. The Morgan fingerprint density at radius 1 is 1.38 bits per heavy atom. The summed E-state index contributed by atoms with van der Waals surface area (Å²) in [5.41, 5.74) is 12.0. The Morgan fingerprint density at radius 3 is 2.69 bits per heavy atom. The lowest BCUT2D eigenvalue weighted by atomic mass is 10.1. The van der Waals surface area contributed by atoms with E-state index in [-0.39, 0.29) is 5.84 Å². The number of hydrogen-bond donors (Lipinski definition) is 3. The van der Waals surface area contributed by atoms with Gasteiger partial charge in [0.15, 0.2) is 0 Å². The van der Waals surface area contributed by atoms with Crippen molar-refractivity contribution in [3.05, 3.63) is 35.4 Å². The van der Waals surface area contributed by atoms with Gasteiger partial charge in [0.25, 0.3) is 0 Å². The van der Waals surface area contributed by atoms with Crippen LogP contribution in [0.5, 0.6) is 0 Å². The van der Waals surface area contributed by atoms with E-state index in [9.17, 15) is 0 Å². The lowest BCUT2D eigenvalue weighted by molar-refractivity contribution is 1.30. The monoisotopic (exact) mass is 173 g/mol. The number of nitrogen functional groups attached to an aromatic ring is 1. The van der Waals surface area contributed by atoms with Crippen LogP contribution in [0, 0.1) is 17.3 Å². The molecule has 0 amide bonds. The highest BCUT2D eigenvalue weighted by atomic mass is 14.7. The molecule has 5 N–H and O–H groups in total. The second-order valence-corrected chi connectivity index (χ2v) is 2.47. The molecule has 0 unspecified atom stereocenters. The van der Waals surface area contributed by atoms with Crippen molar-refractivity contribution in [2.75, 3.05) is 6.54 Å². The maximum Gasteiger partial charge on any atom is 0.124 e. The van der Waals surface area contributed by atoms with Gasteiger partial charge in [-0.2, -0.15) is 0 Å². The van der Waals surface area contributed by atoms with E-state index in [0.717, 1.165) is 5.56 Å². The zero-order valence-electron chi connectivity index (χ0n) is 7.17. The Balaban J connectivity index is 3.12. The minimum Gasteiger partial charge on any atom is -0.384 e. The quantitative estimate of drug-likeness (QED) is 0.324. The van der Waals surface area contributed by atoms with E-state index < -0.39 is 0 Å². The Labute approximate surface area is 77.3 Å². The van der Waals surface area contributed by atoms with Crippen molar-refractivity contribution in [3.63, 3.8) is 0 Å². The summed E-state index contributed by atoms with van der Waals surface area (Å²) < 4.78 is 0. The summed E-state index contributed by atoms with van der Waals surface area (Å²) in [5.74, 6) is 5.61. The van der Waals surface area contributed by atoms with Gasteiger partial charge in [0.2, 0.25) is 0 Å². The van der Waals surface area contributed by atoms with Crippen molar-refractivity contribution in [1.82, 2.24) is 0 Å². The third-order valence-electron chi connectivity index (χ3n) is 1.54. The van der Waals surface area contributed by atoms with Gasteiger partial charge in [-0.05, 0) is 6.07 Å².